The molecule has 1 aromatic rings. The monoisotopic (exact) mass is 275 g/mol. The first-order valence-corrected chi connectivity index (χ1v) is 6.15. The van der Waals surface area contributed by atoms with Gasteiger partial charge in [0.05, 0.1) is 6.54 Å². The smallest absolute Gasteiger partial charge is 0.321 e. The van der Waals surface area contributed by atoms with E-state index >= 15 is 0 Å². The quantitative estimate of drug-likeness (QED) is 0.776. The van der Waals surface area contributed by atoms with Crippen molar-refractivity contribution in [3.05, 3.63) is 42.0 Å². The lowest BCUT2D eigenvalue weighted by Gasteiger charge is -2.15. The fourth-order valence-electron chi connectivity index (χ4n) is 1.51. The summed E-state index contributed by atoms with van der Waals surface area (Å²) in [6.45, 7) is 1.53. The molecule has 20 heavy (non-hydrogen) atoms. The fraction of sp³-hybridized carbons (Fsp3) is 0.214. The minimum Gasteiger partial charge on any atom is -0.351 e. The number of nitrogens with zero attached hydrogens (tertiary/aromatic N) is 1. The van der Waals surface area contributed by atoms with Crippen LogP contribution in [0.15, 0.2) is 36.4 Å². The summed E-state index contributed by atoms with van der Waals surface area (Å²) in [5.41, 5.74) is 5.90. The van der Waals surface area contributed by atoms with E-state index in [1.807, 2.05) is 30.3 Å². The molecule has 6 heteroatoms. The molecule has 0 heterocycles. The molecule has 1 rings (SSSR count). The normalized spacial score (nSPS) is 10.2. The highest BCUT2D eigenvalue weighted by atomic mass is 16.2. The molecule has 0 bridgehead atoms. The predicted octanol–water partition coefficient (Wildman–Crippen LogP) is 0.743. The van der Waals surface area contributed by atoms with Crippen LogP contribution in [0.5, 0.6) is 0 Å². The topological polar surface area (TPSA) is 92.5 Å². The van der Waals surface area contributed by atoms with Gasteiger partial charge >= 0.3 is 6.03 Å². The van der Waals surface area contributed by atoms with Crippen molar-refractivity contribution in [3.8, 4) is 0 Å². The molecule has 0 saturated heterocycles. The molecule has 3 N–H and O–H groups in total. The van der Waals surface area contributed by atoms with E-state index in [1.165, 1.54) is 6.08 Å². The highest BCUT2D eigenvalue weighted by Crippen LogP contribution is 2.00. The van der Waals surface area contributed by atoms with E-state index in [0.717, 1.165) is 10.5 Å². The number of benzene rings is 1. The molecule has 106 valence electrons. The van der Waals surface area contributed by atoms with E-state index < -0.39 is 17.8 Å². The van der Waals surface area contributed by atoms with Crippen LogP contribution in [0.3, 0.4) is 0 Å². The van der Waals surface area contributed by atoms with Crippen molar-refractivity contribution in [1.29, 1.82) is 0 Å². The second-order valence-corrected chi connectivity index (χ2v) is 3.94. The maximum atomic E-state index is 11.6. The number of amides is 4. The van der Waals surface area contributed by atoms with Gasteiger partial charge in [-0.25, -0.2) is 4.79 Å². The first-order chi connectivity index (χ1) is 9.54. The molecular weight excluding hydrogens is 258 g/mol. The summed E-state index contributed by atoms with van der Waals surface area (Å²) in [6, 6.07) is 8.45. The Bertz CT molecular complexity index is 512. The van der Waals surface area contributed by atoms with Gasteiger partial charge in [0.25, 0.3) is 0 Å². The number of hydrogen-bond donors (Lipinski definition) is 2. The molecule has 0 aliphatic rings. The van der Waals surface area contributed by atoms with Crippen LogP contribution in [0.1, 0.15) is 12.5 Å². The van der Waals surface area contributed by atoms with Crippen LogP contribution in [0, 0.1) is 0 Å². The minimum atomic E-state index is -0.827. The Labute approximate surface area is 117 Å². The van der Waals surface area contributed by atoms with E-state index in [2.05, 4.69) is 5.32 Å². The second kappa shape index (κ2) is 7.73. The van der Waals surface area contributed by atoms with Crippen molar-refractivity contribution < 1.29 is 14.4 Å². The Hall–Kier alpha value is -2.63. The van der Waals surface area contributed by atoms with Crippen LogP contribution in [0.2, 0.25) is 0 Å². The standard InChI is InChI=1S/C14H17N3O3/c1-2-17(14(15)20)13(19)10-16-12(18)9-8-11-6-4-3-5-7-11/h3-9H,2,10H2,1H3,(H2,15,20)(H,16,18). The lowest BCUT2D eigenvalue weighted by Crippen LogP contribution is -2.45. The van der Waals surface area contributed by atoms with Gasteiger partial charge in [-0.1, -0.05) is 30.3 Å². The molecule has 0 fully saturated rings. The molecule has 4 amide bonds. The predicted molar refractivity (Wildman–Crippen MR) is 75.5 cm³/mol. The van der Waals surface area contributed by atoms with Crippen molar-refractivity contribution in [2.45, 2.75) is 6.92 Å². The van der Waals surface area contributed by atoms with Gasteiger partial charge in [0.1, 0.15) is 0 Å². The summed E-state index contributed by atoms with van der Waals surface area (Å²) in [6.07, 6.45) is 2.95. The summed E-state index contributed by atoms with van der Waals surface area (Å²) in [4.78, 5) is 34.9. The zero-order valence-electron chi connectivity index (χ0n) is 11.2. The van der Waals surface area contributed by atoms with Gasteiger partial charge in [-0.15, -0.1) is 0 Å². The summed E-state index contributed by atoms with van der Waals surface area (Å²) >= 11 is 0. The molecule has 0 atom stereocenters. The highest BCUT2D eigenvalue weighted by molar-refractivity contribution is 5.98. The number of imide groups is 1. The van der Waals surface area contributed by atoms with Crippen LogP contribution >= 0.6 is 0 Å². The van der Waals surface area contributed by atoms with Crippen molar-refractivity contribution in [1.82, 2.24) is 10.2 Å². The molecule has 0 saturated carbocycles. The lowest BCUT2D eigenvalue weighted by atomic mass is 10.2. The van der Waals surface area contributed by atoms with E-state index in [1.54, 1.807) is 13.0 Å². The van der Waals surface area contributed by atoms with Crippen LogP contribution < -0.4 is 11.1 Å². The van der Waals surface area contributed by atoms with Gasteiger partial charge in [0.2, 0.25) is 11.8 Å². The second-order valence-electron chi connectivity index (χ2n) is 3.94. The maximum absolute atomic E-state index is 11.6. The zero-order chi connectivity index (χ0) is 15.0. The Morgan fingerprint density at radius 2 is 1.90 bits per heavy atom. The molecular formula is C14H17N3O3. The number of rotatable bonds is 5. The van der Waals surface area contributed by atoms with Gasteiger partial charge < -0.3 is 11.1 Å². The zero-order valence-corrected chi connectivity index (χ0v) is 11.2. The van der Waals surface area contributed by atoms with Gasteiger partial charge in [0, 0.05) is 12.6 Å². The van der Waals surface area contributed by atoms with Gasteiger partial charge in [-0.3, -0.25) is 14.5 Å². The highest BCUT2D eigenvalue weighted by Gasteiger charge is 2.16. The summed E-state index contributed by atoms with van der Waals surface area (Å²) in [5.74, 6) is -0.954. The van der Waals surface area contributed by atoms with E-state index in [4.69, 9.17) is 5.73 Å². The summed E-state index contributed by atoms with van der Waals surface area (Å²) in [5, 5.41) is 2.40. The number of primary amides is 1. The van der Waals surface area contributed by atoms with Crippen molar-refractivity contribution in [2.75, 3.05) is 13.1 Å². The van der Waals surface area contributed by atoms with E-state index in [9.17, 15) is 14.4 Å². The van der Waals surface area contributed by atoms with Gasteiger partial charge in [0.15, 0.2) is 0 Å². The molecule has 0 spiro atoms. The average molecular weight is 275 g/mol. The number of nitrogens with two attached hydrogens (primary N) is 1. The van der Waals surface area contributed by atoms with Crippen LogP contribution in [-0.2, 0) is 9.59 Å². The third-order valence-corrected chi connectivity index (χ3v) is 2.52. The first-order valence-electron chi connectivity index (χ1n) is 6.15. The number of likely N-dealkylation sites (N-methyl/N-ethyl adjacent to an activating group) is 1. The lowest BCUT2D eigenvalue weighted by molar-refractivity contribution is -0.129. The number of nitrogens with one attached hydrogen (secondary N) is 1. The summed E-state index contributed by atoms with van der Waals surface area (Å²) < 4.78 is 0. The third kappa shape index (κ3) is 4.93. The minimum absolute atomic E-state index is 0.171. The Morgan fingerprint density at radius 3 is 2.45 bits per heavy atom. The van der Waals surface area contributed by atoms with Crippen LogP contribution in [-0.4, -0.2) is 35.8 Å². The molecule has 0 aromatic heterocycles. The summed E-state index contributed by atoms with van der Waals surface area (Å²) in [7, 11) is 0. The van der Waals surface area contributed by atoms with Gasteiger partial charge in [-0.05, 0) is 18.6 Å². The number of urea groups is 1. The average Bonchev–Trinajstić information content (AvgIpc) is 2.44. The molecule has 1 aromatic carbocycles. The van der Waals surface area contributed by atoms with E-state index in [-0.39, 0.29) is 13.1 Å². The number of carbonyl (C=O) groups is 3. The number of carbonyl (C=O) groups excluding carboxylic acids is 3. The Kier molecular flexibility index (Phi) is 5.96. The number of hydrogen-bond acceptors (Lipinski definition) is 3. The van der Waals surface area contributed by atoms with E-state index in [0.29, 0.717) is 0 Å². The maximum Gasteiger partial charge on any atom is 0.321 e. The first kappa shape index (κ1) is 15.4. The van der Waals surface area contributed by atoms with Crippen LogP contribution in [0.25, 0.3) is 6.08 Å². The SMILES string of the molecule is CCN(C(N)=O)C(=O)CNC(=O)C=Cc1ccccc1. The molecule has 0 aliphatic heterocycles. The van der Waals surface area contributed by atoms with Crippen molar-refractivity contribution in [2.24, 2.45) is 5.73 Å². The molecule has 0 unspecified atom stereocenters. The third-order valence-electron chi connectivity index (χ3n) is 2.52. The van der Waals surface area contributed by atoms with Crippen LogP contribution in [0.4, 0.5) is 4.79 Å². The van der Waals surface area contributed by atoms with Crippen molar-refractivity contribution >= 4 is 23.9 Å². The van der Waals surface area contributed by atoms with Crippen molar-refractivity contribution in [3.63, 3.8) is 0 Å². The molecule has 6 nitrogen and oxygen atoms in total. The molecule has 0 radical (unpaired) electrons. The van der Waals surface area contributed by atoms with Gasteiger partial charge in [-0.2, -0.15) is 0 Å². The Morgan fingerprint density at radius 1 is 1.25 bits per heavy atom. The fourth-order valence-corrected chi connectivity index (χ4v) is 1.51. The Balaban J connectivity index is 2.46. The largest absolute Gasteiger partial charge is 0.351 e. The molecule has 0 aliphatic carbocycles.